The summed E-state index contributed by atoms with van der Waals surface area (Å²) in [6.45, 7) is 5.45. The predicted molar refractivity (Wildman–Crippen MR) is 69.2 cm³/mol. The average Bonchev–Trinajstić information content (AvgIpc) is 2.36. The van der Waals surface area contributed by atoms with Crippen LogP contribution in [0.15, 0.2) is 30.9 Å². The number of alkyl halides is 3. The minimum Gasteiger partial charge on any atom is -0.374 e. The van der Waals surface area contributed by atoms with Crippen LogP contribution in [-0.2, 0) is 11.0 Å². The Morgan fingerprint density at radius 1 is 1.47 bits per heavy atom. The summed E-state index contributed by atoms with van der Waals surface area (Å²) in [7, 11) is 1.58. The molecule has 0 saturated heterocycles. The molecule has 1 aromatic rings. The van der Waals surface area contributed by atoms with Gasteiger partial charge in [0.25, 0.3) is 0 Å². The molecule has 0 aliphatic carbocycles. The summed E-state index contributed by atoms with van der Waals surface area (Å²) in [5.74, 6) is -0.551. The Kier molecular flexibility index (Phi) is 4.58. The number of anilines is 2. The van der Waals surface area contributed by atoms with E-state index in [2.05, 4.69) is 11.9 Å². The topological polar surface area (TPSA) is 32.3 Å². The molecule has 1 aromatic carbocycles. The van der Waals surface area contributed by atoms with Gasteiger partial charge in [0.15, 0.2) is 0 Å². The zero-order valence-electron chi connectivity index (χ0n) is 10.7. The molecule has 1 rings (SSSR count). The van der Waals surface area contributed by atoms with E-state index in [9.17, 15) is 18.0 Å². The third-order valence-corrected chi connectivity index (χ3v) is 2.64. The van der Waals surface area contributed by atoms with Crippen LogP contribution in [0.5, 0.6) is 0 Å². The van der Waals surface area contributed by atoms with Crippen LogP contribution in [-0.4, -0.2) is 19.5 Å². The highest BCUT2D eigenvalue weighted by molar-refractivity contribution is 5.99. The zero-order valence-corrected chi connectivity index (χ0v) is 10.7. The van der Waals surface area contributed by atoms with Crippen LogP contribution in [0.4, 0.5) is 24.5 Å². The fourth-order valence-corrected chi connectivity index (χ4v) is 1.54. The molecule has 0 heterocycles. The number of rotatable bonds is 4. The predicted octanol–water partition coefficient (Wildman–Crippen LogP) is 3.29. The summed E-state index contributed by atoms with van der Waals surface area (Å²) in [6.07, 6.45) is -3.48. The van der Waals surface area contributed by atoms with Gasteiger partial charge in [0.05, 0.1) is 5.56 Å². The lowest BCUT2D eigenvalue weighted by Gasteiger charge is -2.22. The van der Waals surface area contributed by atoms with Gasteiger partial charge in [-0.3, -0.25) is 4.79 Å². The molecule has 0 bridgehead atoms. The highest BCUT2D eigenvalue weighted by Crippen LogP contribution is 2.37. The van der Waals surface area contributed by atoms with Crippen molar-refractivity contribution < 1.29 is 18.0 Å². The average molecular weight is 272 g/mol. The van der Waals surface area contributed by atoms with E-state index in [-0.39, 0.29) is 11.4 Å². The van der Waals surface area contributed by atoms with Gasteiger partial charge in [-0.2, -0.15) is 13.2 Å². The van der Waals surface area contributed by atoms with Crippen LogP contribution < -0.4 is 10.2 Å². The van der Waals surface area contributed by atoms with Crippen molar-refractivity contribution in [2.75, 3.05) is 23.8 Å². The van der Waals surface area contributed by atoms with E-state index >= 15 is 0 Å². The maximum Gasteiger partial charge on any atom is 0.418 e. The lowest BCUT2D eigenvalue weighted by molar-refractivity contribution is -0.137. The lowest BCUT2D eigenvalue weighted by atomic mass is 10.1. The number of amides is 1. The second-order valence-electron chi connectivity index (χ2n) is 3.94. The third-order valence-electron chi connectivity index (χ3n) is 2.64. The molecule has 0 unspecified atom stereocenters. The molecule has 104 valence electrons. The summed E-state index contributed by atoms with van der Waals surface area (Å²) in [6, 6.07) is 3.69. The fourth-order valence-electron chi connectivity index (χ4n) is 1.54. The Bertz CT molecular complexity index is 483. The molecule has 0 aliphatic heterocycles. The molecule has 19 heavy (non-hydrogen) atoms. The van der Waals surface area contributed by atoms with Crippen LogP contribution >= 0.6 is 0 Å². The molecule has 3 nitrogen and oxygen atoms in total. The van der Waals surface area contributed by atoms with Gasteiger partial charge in [-0.05, 0) is 31.2 Å². The summed E-state index contributed by atoms with van der Waals surface area (Å²) in [5.41, 5.74) is -0.615. The maximum atomic E-state index is 13.0. The van der Waals surface area contributed by atoms with Crippen LogP contribution in [0, 0.1) is 0 Å². The summed E-state index contributed by atoms with van der Waals surface area (Å²) >= 11 is 0. The van der Waals surface area contributed by atoms with Gasteiger partial charge in [-0.1, -0.05) is 6.58 Å². The zero-order chi connectivity index (χ0) is 14.6. The first-order valence-electron chi connectivity index (χ1n) is 5.65. The Labute approximate surface area is 109 Å². The fraction of sp³-hybridized carbons (Fsp3) is 0.308. The van der Waals surface area contributed by atoms with Crippen molar-refractivity contribution in [3.05, 3.63) is 36.4 Å². The minimum absolute atomic E-state index is 0.0756. The first-order chi connectivity index (χ1) is 8.79. The SMILES string of the molecule is C=CC(=O)Nc1ccc(N(C)CC)c(C(F)(F)F)c1. The van der Waals surface area contributed by atoms with Gasteiger partial charge in [0.2, 0.25) is 5.91 Å². The first-order valence-corrected chi connectivity index (χ1v) is 5.65. The van der Waals surface area contributed by atoms with Crippen LogP contribution in [0.25, 0.3) is 0 Å². The summed E-state index contributed by atoms with van der Waals surface area (Å²) < 4.78 is 39.0. The number of nitrogens with one attached hydrogen (secondary N) is 1. The van der Waals surface area contributed by atoms with E-state index in [0.29, 0.717) is 6.54 Å². The molecular formula is C13H15F3N2O. The Balaban J connectivity index is 3.23. The molecule has 0 aromatic heterocycles. The number of hydrogen-bond donors (Lipinski definition) is 1. The van der Waals surface area contributed by atoms with Crippen LogP contribution in [0.1, 0.15) is 12.5 Å². The van der Waals surface area contributed by atoms with E-state index < -0.39 is 17.6 Å². The number of carbonyl (C=O) groups excluding carboxylic acids is 1. The quantitative estimate of drug-likeness (QED) is 0.853. The lowest BCUT2D eigenvalue weighted by Crippen LogP contribution is -2.21. The van der Waals surface area contributed by atoms with E-state index in [1.54, 1.807) is 14.0 Å². The van der Waals surface area contributed by atoms with Crippen molar-refractivity contribution in [1.82, 2.24) is 0 Å². The molecular weight excluding hydrogens is 257 g/mol. The van der Waals surface area contributed by atoms with Gasteiger partial charge in [-0.25, -0.2) is 0 Å². The second-order valence-corrected chi connectivity index (χ2v) is 3.94. The second kappa shape index (κ2) is 5.77. The molecule has 6 heteroatoms. The van der Waals surface area contributed by atoms with Gasteiger partial charge < -0.3 is 10.2 Å². The number of nitrogens with zero attached hydrogens (tertiary/aromatic N) is 1. The Morgan fingerprint density at radius 3 is 2.58 bits per heavy atom. The van der Waals surface area contributed by atoms with Gasteiger partial charge >= 0.3 is 6.18 Å². The van der Waals surface area contributed by atoms with Crippen molar-refractivity contribution in [3.8, 4) is 0 Å². The van der Waals surface area contributed by atoms with Crippen LogP contribution in [0.2, 0.25) is 0 Å². The van der Waals surface area contributed by atoms with E-state index in [0.717, 1.165) is 12.1 Å². The van der Waals surface area contributed by atoms with Crippen molar-refractivity contribution in [1.29, 1.82) is 0 Å². The monoisotopic (exact) mass is 272 g/mol. The van der Waals surface area contributed by atoms with E-state index in [1.807, 2.05) is 0 Å². The normalized spacial score (nSPS) is 11.0. The van der Waals surface area contributed by atoms with Crippen molar-refractivity contribution >= 4 is 17.3 Å². The molecule has 1 N–H and O–H groups in total. The molecule has 1 amide bonds. The molecule has 0 radical (unpaired) electrons. The third kappa shape index (κ3) is 3.74. The standard InChI is InChI=1S/C13H15F3N2O/c1-4-12(19)17-9-6-7-11(18(3)5-2)10(8-9)13(14,15)16/h4,6-8H,1,5H2,2-3H3,(H,17,19). The number of halogens is 3. The number of benzene rings is 1. The van der Waals surface area contributed by atoms with Crippen molar-refractivity contribution in [2.24, 2.45) is 0 Å². The highest BCUT2D eigenvalue weighted by atomic mass is 19.4. The van der Waals surface area contributed by atoms with Crippen LogP contribution in [0.3, 0.4) is 0 Å². The smallest absolute Gasteiger partial charge is 0.374 e. The maximum absolute atomic E-state index is 13.0. The van der Waals surface area contributed by atoms with E-state index in [4.69, 9.17) is 0 Å². The summed E-state index contributed by atoms with van der Waals surface area (Å²) in [5, 5.41) is 2.31. The molecule has 0 atom stereocenters. The first kappa shape index (κ1) is 15.1. The molecule has 0 fully saturated rings. The van der Waals surface area contributed by atoms with E-state index in [1.165, 1.54) is 17.0 Å². The molecule has 0 spiro atoms. The molecule has 0 aliphatic rings. The van der Waals surface area contributed by atoms with Gasteiger partial charge in [0, 0.05) is 25.0 Å². The number of carbonyl (C=O) groups is 1. The van der Waals surface area contributed by atoms with Gasteiger partial charge in [0.1, 0.15) is 0 Å². The summed E-state index contributed by atoms with van der Waals surface area (Å²) in [4.78, 5) is 12.6. The minimum atomic E-state index is -4.48. The number of hydrogen-bond acceptors (Lipinski definition) is 2. The van der Waals surface area contributed by atoms with Crippen molar-refractivity contribution in [2.45, 2.75) is 13.1 Å². The Hall–Kier alpha value is -1.98. The highest BCUT2D eigenvalue weighted by Gasteiger charge is 2.34. The Morgan fingerprint density at radius 2 is 2.11 bits per heavy atom. The van der Waals surface area contributed by atoms with Crippen molar-refractivity contribution in [3.63, 3.8) is 0 Å². The molecule has 0 saturated carbocycles. The largest absolute Gasteiger partial charge is 0.418 e. The van der Waals surface area contributed by atoms with Gasteiger partial charge in [-0.15, -0.1) is 0 Å².